The Kier molecular flexibility index (Phi) is 4.63. The minimum Gasteiger partial charge on any atom is -0.462 e. The molecule has 0 radical (unpaired) electrons. The number of carbonyl (C=O) groups excluding carboxylic acids is 1. The number of hydrogen-bond acceptors (Lipinski definition) is 5. The van der Waals surface area contributed by atoms with Gasteiger partial charge in [-0.15, -0.1) is 11.3 Å². The highest BCUT2D eigenvalue weighted by Gasteiger charge is 2.15. The number of thiazole rings is 1. The quantitative estimate of drug-likeness (QED) is 0.786. The summed E-state index contributed by atoms with van der Waals surface area (Å²) in [6.07, 6.45) is 3.49. The molecule has 2 heterocycles. The van der Waals surface area contributed by atoms with Gasteiger partial charge in [0.2, 0.25) is 0 Å². The van der Waals surface area contributed by atoms with E-state index in [2.05, 4.69) is 16.9 Å². The third kappa shape index (κ3) is 3.17. The molecule has 0 saturated carbocycles. The molecule has 0 aliphatic rings. The number of esters is 1. The third-order valence-electron chi connectivity index (χ3n) is 2.64. The van der Waals surface area contributed by atoms with Gasteiger partial charge in [-0.2, -0.15) is 0 Å². The van der Waals surface area contributed by atoms with E-state index in [0.717, 1.165) is 29.1 Å². The van der Waals surface area contributed by atoms with Crippen molar-refractivity contribution < 1.29 is 9.53 Å². The van der Waals surface area contributed by atoms with E-state index >= 15 is 0 Å². The highest BCUT2D eigenvalue weighted by atomic mass is 32.1. The van der Waals surface area contributed by atoms with Gasteiger partial charge in [-0.25, -0.2) is 4.79 Å². The smallest absolute Gasteiger partial charge is 0.339 e. The van der Waals surface area contributed by atoms with Crippen molar-refractivity contribution in [2.75, 3.05) is 6.61 Å². The van der Waals surface area contributed by atoms with Crippen molar-refractivity contribution in [1.29, 1.82) is 0 Å². The van der Waals surface area contributed by atoms with Gasteiger partial charge in [0.1, 0.15) is 0 Å². The van der Waals surface area contributed by atoms with Gasteiger partial charge in [-0.3, -0.25) is 9.97 Å². The molecule has 0 spiro atoms. The number of aryl methyl sites for hydroxylation is 1. The van der Waals surface area contributed by atoms with Crippen LogP contribution in [0.2, 0.25) is 0 Å². The van der Waals surface area contributed by atoms with Gasteiger partial charge in [0.25, 0.3) is 0 Å². The standard InChI is InChI=1S/C14H16N2O2S/c1-3-5-11-10(14(17)18-4-2)6-7-12(16-11)13-8-15-9-19-13/h6-9H,3-5H2,1-2H3. The summed E-state index contributed by atoms with van der Waals surface area (Å²) in [5.74, 6) is -0.297. The fraction of sp³-hybridized carbons (Fsp3) is 0.357. The Hall–Kier alpha value is -1.75. The van der Waals surface area contributed by atoms with Crippen LogP contribution in [0.5, 0.6) is 0 Å². The van der Waals surface area contributed by atoms with E-state index in [1.807, 2.05) is 6.07 Å². The highest BCUT2D eigenvalue weighted by Crippen LogP contribution is 2.23. The maximum Gasteiger partial charge on any atom is 0.339 e. The highest BCUT2D eigenvalue weighted by molar-refractivity contribution is 7.13. The van der Waals surface area contributed by atoms with Crippen molar-refractivity contribution in [3.05, 3.63) is 35.1 Å². The monoisotopic (exact) mass is 276 g/mol. The van der Waals surface area contributed by atoms with Crippen LogP contribution in [0, 0.1) is 0 Å². The Labute approximate surface area is 116 Å². The van der Waals surface area contributed by atoms with Gasteiger partial charge in [0.15, 0.2) is 0 Å². The van der Waals surface area contributed by atoms with E-state index in [-0.39, 0.29) is 5.97 Å². The number of nitrogens with zero attached hydrogens (tertiary/aromatic N) is 2. The van der Waals surface area contributed by atoms with Crippen molar-refractivity contribution in [3.63, 3.8) is 0 Å². The number of rotatable bonds is 5. The third-order valence-corrected chi connectivity index (χ3v) is 3.44. The molecule has 0 bridgehead atoms. The Balaban J connectivity index is 2.37. The lowest BCUT2D eigenvalue weighted by Gasteiger charge is -2.08. The summed E-state index contributed by atoms with van der Waals surface area (Å²) in [6.45, 7) is 4.24. The first-order valence-corrected chi connectivity index (χ1v) is 7.20. The largest absolute Gasteiger partial charge is 0.462 e. The number of hydrogen-bond donors (Lipinski definition) is 0. The second-order valence-corrected chi connectivity index (χ2v) is 4.91. The molecule has 19 heavy (non-hydrogen) atoms. The normalized spacial score (nSPS) is 10.4. The van der Waals surface area contributed by atoms with Crippen molar-refractivity contribution in [2.24, 2.45) is 0 Å². The van der Waals surface area contributed by atoms with Crippen LogP contribution < -0.4 is 0 Å². The van der Waals surface area contributed by atoms with Crippen molar-refractivity contribution in [3.8, 4) is 10.6 Å². The molecular weight excluding hydrogens is 260 g/mol. The average molecular weight is 276 g/mol. The van der Waals surface area contributed by atoms with Gasteiger partial charge in [-0.1, -0.05) is 13.3 Å². The minimum absolute atomic E-state index is 0.297. The van der Waals surface area contributed by atoms with E-state index in [4.69, 9.17) is 4.74 Å². The van der Waals surface area contributed by atoms with E-state index in [1.54, 1.807) is 24.7 Å². The molecule has 0 N–H and O–H groups in total. The van der Waals surface area contributed by atoms with Crippen LogP contribution in [0.15, 0.2) is 23.8 Å². The summed E-state index contributed by atoms with van der Waals surface area (Å²) >= 11 is 1.54. The molecular formula is C14H16N2O2S. The predicted molar refractivity (Wildman–Crippen MR) is 75.3 cm³/mol. The summed E-state index contributed by atoms with van der Waals surface area (Å²) in [7, 11) is 0. The number of carbonyl (C=O) groups is 1. The van der Waals surface area contributed by atoms with Crippen LogP contribution in [-0.4, -0.2) is 22.5 Å². The second kappa shape index (κ2) is 6.43. The molecule has 4 nitrogen and oxygen atoms in total. The van der Waals surface area contributed by atoms with E-state index in [9.17, 15) is 4.79 Å². The van der Waals surface area contributed by atoms with Crippen LogP contribution in [-0.2, 0) is 11.2 Å². The molecule has 5 heteroatoms. The SMILES string of the molecule is CCCc1nc(-c2cncs2)ccc1C(=O)OCC. The Bertz CT molecular complexity index is 553. The lowest BCUT2D eigenvalue weighted by atomic mass is 10.1. The topological polar surface area (TPSA) is 52.1 Å². The van der Waals surface area contributed by atoms with E-state index in [1.165, 1.54) is 11.3 Å². The predicted octanol–water partition coefficient (Wildman–Crippen LogP) is 3.33. The first kappa shape index (κ1) is 13.7. The lowest BCUT2D eigenvalue weighted by molar-refractivity contribution is 0.0524. The molecule has 0 amide bonds. The summed E-state index contributed by atoms with van der Waals surface area (Å²) in [6, 6.07) is 3.64. The Morgan fingerprint density at radius 1 is 1.37 bits per heavy atom. The van der Waals surface area contributed by atoms with Crippen LogP contribution in [0.4, 0.5) is 0 Å². The minimum atomic E-state index is -0.297. The van der Waals surface area contributed by atoms with Crippen LogP contribution in [0.1, 0.15) is 36.3 Å². The summed E-state index contributed by atoms with van der Waals surface area (Å²) in [5.41, 5.74) is 4.00. The summed E-state index contributed by atoms with van der Waals surface area (Å²) in [4.78, 5) is 21.5. The molecule has 0 aliphatic heterocycles. The Morgan fingerprint density at radius 3 is 2.84 bits per heavy atom. The fourth-order valence-corrected chi connectivity index (χ4v) is 2.39. The van der Waals surface area contributed by atoms with Gasteiger partial charge >= 0.3 is 5.97 Å². The van der Waals surface area contributed by atoms with Crippen molar-refractivity contribution >= 4 is 17.3 Å². The molecule has 100 valence electrons. The first-order chi connectivity index (χ1) is 9.26. The molecule has 0 atom stereocenters. The molecule has 0 aromatic carbocycles. The van der Waals surface area contributed by atoms with E-state index < -0.39 is 0 Å². The summed E-state index contributed by atoms with van der Waals surface area (Å²) in [5, 5.41) is 0. The zero-order valence-corrected chi connectivity index (χ0v) is 11.9. The number of aromatic nitrogens is 2. The number of ether oxygens (including phenoxy) is 1. The van der Waals surface area contributed by atoms with Gasteiger partial charge in [0.05, 0.1) is 33.9 Å². The van der Waals surface area contributed by atoms with Crippen LogP contribution in [0.3, 0.4) is 0 Å². The Morgan fingerprint density at radius 2 is 2.21 bits per heavy atom. The summed E-state index contributed by atoms with van der Waals surface area (Å²) < 4.78 is 5.06. The van der Waals surface area contributed by atoms with Gasteiger partial charge in [-0.05, 0) is 25.5 Å². The zero-order chi connectivity index (χ0) is 13.7. The zero-order valence-electron chi connectivity index (χ0n) is 11.0. The maximum absolute atomic E-state index is 11.9. The molecule has 0 fully saturated rings. The second-order valence-electron chi connectivity index (χ2n) is 4.03. The molecule has 2 rings (SSSR count). The molecule has 0 saturated heterocycles. The average Bonchev–Trinajstić information content (AvgIpc) is 2.93. The van der Waals surface area contributed by atoms with Crippen molar-refractivity contribution in [1.82, 2.24) is 9.97 Å². The van der Waals surface area contributed by atoms with Gasteiger partial charge < -0.3 is 4.74 Å². The van der Waals surface area contributed by atoms with Gasteiger partial charge in [0, 0.05) is 6.20 Å². The molecule has 0 unspecified atom stereocenters. The van der Waals surface area contributed by atoms with Crippen LogP contribution in [0.25, 0.3) is 10.6 Å². The van der Waals surface area contributed by atoms with E-state index in [0.29, 0.717) is 12.2 Å². The maximum atomic E-state index is 11.9. The number of pyridine rings is 1. The van der Waals surface area contributed by atoms with Crippen LogP contribution >= 0.6 is 11.3 Å². The molecule has 2 aromatic heterocycles. The molecule has 2 aromatic rings. The van der Waals surface area contributed by atoms with Crippen molar-refractivity contribution in [2.45, 2.75) is 26.7 Å². The fourth-order valence-electron chi connectivity index (χ4n) is 1.80. The lowest BCUT2D eigenvalue weighted by Crippen LogP contribution is -2.10. The first-order valence-electron chi connectivity index (χ1n) is 6.32. The molecule has 0 aliphatic carbocycles.